The molecule has 72 valence electrons. The van der Waals surface area contributed by atoms with Crippen LogP contribution in [0.25, 0.3) is 0 Å². The molecule has 1 unspecified atom stereocenters. The third-order valence-corrected chi connectivity index (χ3v) is 2.71. The number of nitrogens with zero attached hydrogens (tertiary/aromatic N) is 2. The molecule has 1 atom stereocenters. The molecule has 1 saturated heterocycles. The smallest absolute Gasteiger partial charge is 0.0395 e. The van der Waals surface area contributed by atoms with Gasteiger partial charge in [0.05, 0.1) is 0 Å². The zero-order valence-electron chi connectivity index (χ0n) is 8.67. The van der Waals surface area contributed by atoms with E-state index in [1.807, 2.05) is 0 Å². The molecule has 3 nitrogen and oxygen atoms in total. The molecule has 12 heavy (non-hydrogen) atoms. The van der Waals surface area contributed by atoms with Gasteiger partial charge in [-0.05, 0) is 27.9 Å². The Balaban J connectivity index is 2.61. The van der Waals surface area contributed by atoms with E-state index in [-0.39, 0.29) is 5.54 Å². The maximum atomic E-state index is 6.09. The van der Waals surface area contributed by atoms with E-state index in [9.17, 15) is 0 Å². The molecular weight excluding hydrogens is 150 g/mol. The van der Waals surface area contributed by atoms with E-state index in [1.54, 1.807) is 0 Å². The Hall–Kier alpha value is -0.120. The van der Waals surface area contributed by atoms with Crippen molar-refractivity contribution in [3.05, 3.63) is 0 Å². The van der Waals surface area contributed by atoms with Gasteiger partial charge in [0.2, 0.25) is 0 Å². The van der Waals surface area contributed by atoms with Crippen molar-refractivity contribution in [1.29, 1.82) is 0 Å². The van der Waals surface area contributed by atoms with Gasteiger partial charge in [-0.1, -0.05) is 0 Å². The predicted octanol–water partition coefficient (Wildman–Crippen LogP) is -0.0305. The van der Waals surface area contributed by atoms with Gasteiger partial charge in [0.1, 0.15) is 0 Å². The van der Waals surface area contributed by atoms with Gasteiger partial charge in [0.15, 0.2) is 0 Å². The topological polar surface area (TPSA) is 32.5 Å². The molecule has 0 aliphatic carbocycles. The first-order valence-electron chi connectivity index (χ1n) is 4.59. The minimum absolute atomic E-state index is 0.0938. The molecule has 3 heteroatoms. The lowest BCUT2D eigenvalue weighted by molar-refractivity contribution is 0.0729. The highest BCUT2D eigenvalue weighted by molar-refractivity contribution is 4.93. The molecule has 2 N–H and O–H groups in total. The van der Waals surface area contributed by atoms with E-state index in [2.05, 4.69) is 37.7 Å². The van der Waals surface area contributed by atoms with Crippen LogP contribution in [0.3, 0.4) is 0 Å². The van der Waals surface area contributed by atoms with Gasteiger partial charge in [0, 0.05) is 31.2 Å². The average Bonchev–Trinajstić information content (AvgIpc) is 1.92. The quantitative estimate of drug-likeness (QED) is 0.601. The highest BCUT2D eigenvalue weighted by Crippen LogP contribution is 2.15. The SMILES string of the molecule is CN1CCN(C)C(C(C)(C)N)C1. The Morgan fingerprint density at radius 3 is 2.25 bits per heavy atom. The molecular formula is C9H21N3. The third-order valence-electron chi connectivity index (χ3n) is 2.71. The normalized spacial score (nSPS) is 29.2. The fourth-order valence-electron chi connectivity index (χ4n) is 1.81. The van der Waals surface area contributed by atoms with Gasteiger partial charge < -0.3 is 10.6 Å². The Morgan fingerprint density at radius 1 is 1.25 bits per heavy atom. The summed E-state index contributed by atoms with van der Waals surface area (Å²) in [6, 6.07) is 0.483. The van der Waals surface area contributed by atoms with Crippen LogP contribution in [0, 0.1) is 0 Å². The van der Waals surface area contributed by atoms with E-state index in [0.717, 1.165) is 19.6 Å². The number of likely N-dealkylation sites (N-methyl/N-ethyl adjacent to an activating group) is 2. The van der Waals surface area contributed by atoms with Crippen LogP contribution in [-0.2, 0) is 0 Å². The van der Waals surface area contributed by atoms with Crippen molar-refractivity contribution in [2.75, 3.05) is 33.7 Å². The minimum atomic E-state index is -0.0938. The fraction of sp³-hybridized carbons (Fsp3) is 1.00. The van der Waals surface area contributed by atoms with Crippen LogP contribution in [0.5, 0.6) is 0 Å². The molecule has 0 saturated carbocycles. The van der Waals surface area contributed by atoms with E-state index in [1.165, 1.54) is 0 Å². The summed E-state index contributed by atoms with van der Waals surface area (Å²) in [6.45, 7) is 7.57. The van der Waals surface area contributed by atoms with Crippen molar-refractivity contribution in [3.8, 4) is 0 Å². The summed E-state index contributed by atoms with van der Waals surface area (Å²) >= 11 is 0. The van der Waals surface area contributed by atoms with Crippen LogP contribution in [-0.4, -0.2) is 55.1 Å². The average molecular weight is 171 g/mol. The van der Waals surface area contributed by atoms with Crippen LogP contribution >= 0.6 is 0 Å². The first-order valence-corrected chi connectivity index (χ1v) is 4.59. The molecule has 0 radical (unpaired) electrons. The zero-order chi connectivity index (χ0) is 9.35. The van der Waals surface area contributed by atoms with Crippen LogP contribution in [0.2, 0.25) is 0 Å². The summed E-state index contributed by atoms with van der Waals surface area (Å²) < 4.78 is 0. The third kappa shape index (κ3) is 2.19. The predicted molar refractivity (Wildman–Crippen MR) is 52.2 cm³/mol. The molecule has 1 aliphatic heterocycles. The first kappa shape index (κ1) is 9.96. The monoisotopic (exact) mass is 171 g/mol. The second kappa shape index (κ2) is 3.32. The summed E-state index contributed by atoms with van der Waals surface area (Å²) in [5, 5.41) is 0. The molecule has 1 rings (SSSR count). The molecule has 0 aromatic rings. The number of nitrogens with two attached hydrogens (primary N) is 1. The maximum absolute atomic E-state index is 6.09. The van der Waals surface area contributed by atoms with Crippen molar-refractivity contribution in [2.45, 2.75) is 25.4 Å². The van der Waals surface area contributed by atoms with E-state index >= 15 is 0 Å². The molecule has 1 heterocycles. The summed E-state index contributed by atoms with van der Waals surface area (Å²) in [7, 11) is 4.32. The van der Waals surface area contributed by atoms with Crippen LogP contribution < -0.4 is 5.73 Å². The Labute approximate surface area is 75.5 Å². The van der Waals surface area contributed by atoms with Gasteiger partial charge >= 0.3 is 0 Å². The number of rotatable bonds is 1. The molecule has 1 aliphatic rings. The molecule has 1 fully saturated rings. The van der Waals surface area contributed by atoms with Crippen molar-refractivity contribution in [1.82, 2.24) is 9.80 Å². The van der Waals surface area contributed by atoms with Crippen molar-refractivity contribution in [2.24, 2.45) is 5.73 Å². The second-order valence-electron chi connectivity index (χ2n) is 4.58. The highest BCUT2D eigenvalue weighted by Gasteiger charge is 2.32. The second-order valence-corrected chi connectivity index (χ2v) is 4.58. The Morgan fingerprint density at radius 2 is 1.83 bits per heavy atom. The number of hydrogen-bond acceptors (Lipinski definition) is 3. The fourth-order valence-corrected chi connectivity index (χ4v) is 1.81. The maximum Gasteiger partial charge on any atom is 0.0395 e. The van der Waals surface area contributed by atoms with Gasteiger partial charge in [-0.3, -0.25) is 4.90 Å². The summed E-state index contributed by atoms with van der Waals surface area (Å²) in [5.74, 6) is 0. The van der Waals surface area contributed by atoms with Gasteiger partial charge in [-0.2, -0.15) is 0 Å². The van der Waals surface area contributed by atoms with Gasteiger partial charge in [0.25, 0.3) is 0 Å². The van der Waals surface area contributed by atoms with Crippen LogP contribution in [0.15, 0.2) is 0 Å². The summed E-state index contributed by atoms with van der Waals surface area (Å²) in [4.78, 5) is 4.71. The lowest BCUT2D eigenvalue weighted by Gasteiger charge is -2.44. The number of hydrogen-bond donors (Lipinski definition) is 1. The lowest BCUT2D eigenvalue weighted by atomic mass is 9.93. The van der Waals surface area contributed by atoms with E-state index < -0.39 is 0 Å². The largest absolute Gasteiger partial charge is 0.324 e. The zero-order valence-corrected chi connectivity index (χ0v) is 8.67. The lowest BCUT2D eigenvalue weighted by Crippen LogP contribution is -2.62. The molecule has 0 amide bonds. The summed E-state index contributed by atoms with van der Waals surface area (Å²) in [6.07, 6.45) is 0. The van der Waals surface area contributed by atoms with Crippen LogP contribution in [0.4, 0.5) is 0 Å². The van der Waals surface area contributed by atoms with Crippen molar-refractivity contribution < 1.29 is 0 Å². The Kier molecular flexibility index (Phi) is 2.76. The van der Waals surface area contributed by atoms with Crippen molar-refractivity contribution >= 4 is 0 Å². The first-order chi connectivity index (χ1) is 5.41. The number of piperazine rings is 1. The van der Waals surface area contributed by atoms with Gasteiger partial charge in [-0.25, -0.2) is 0 Å². The molecule has 0 spiro atoms. The van der Waals surface area contributed by atoms with E-state index in [0.29, 0.717) is 6.04 Å². The summed E-state index contributed by atoms with van der Waals surface area (Å²) in [5.41, 5.74) is 6.00. The molecule has 0 aromatic carbocycles. The Bertz CT molecular complexity index is 150. The van der Waals surface area contributed by atoms with Crippen LogP contribution in [0.1, 0.15) is 13.8 Å². The highest BCUT2D eigenvalue weighted by atomic mass is 15.3. The standard InChI is InChI=1S/C9H21N3/c1-9(2,10)8-7-11(3)5-6-12(8)4/h8H,5-7,10H2,1-4H3. The minimum Gasteiger partial charge on any atom is -0.324 e. The molecule has 0 aromatic heterocycles. The van der Waals surface area contributed by atoms with Crippen molar-refractivity contribution in [3.63, 3.8) is 0 Å². The van der Waals surface area contributed by atoms with Gasteiger partial charge in [-0.15, -0.1) is 0 Å². The molecule has 0 bridgehead atoms. The van der Waals surface area contributed by atoms with E-state index in [4.69, 9.17) is 5.73 Å².